The van der Waals surface area contributed by atoms with E-state index in [-0.39, 0.29) is 12.4 Å². The van der Waals surface area contributed by atoms with E-state index in [1.807, 2.05) is 25.3 Å². The molecule has 1 aromatic heterocycles. The lowest BCUT2D eigenvalue weighted by Crippen LogP contribution is -2.35. The van der Waals surface area contributed by atoms with Crippen LogP contribution in [0.25, 0.3) is 10.9 Å². The van der Waals surface area contributed by atoms with Crippen molar-refractivity contribution in [2.75, 3.05) is 25.0 Å². The fraction of sp³-hybridized carbons (Fsp3) is 0.438. The maximum absolute atomic E-state index is 5.66. The number of anilines is 1. The van der Waals surface area contributed by atoms with Gasteiger partial charge in [0.15, 0.2) is 0 Å². The zero-order valence-corrected chi connectivity index (χ0v) is 13.1. The number of halogens is 1. The van der Waals surface area contributed by atoms with Crippen molar-refractivity contribution >= 4 is 29.0 Å². The third-order valence-electron chi connectivity index (χ3n) is 3.73. The van der Waals surface area contributed by atoms with E-state index < -0.39 is 0 Å². The molecular formula is C16H22ClN3O. The smallest absolute Gasteiger partial charge is 0.145 e. The van der Waals surface area contributed by atoms with Crippen molar-refractivity contribution < 1.29 is 4.74 Å². The molecule has 0 spiro atoms. The Kier molecular flexibility index (Phi) is 5.65. The van der Waals surface area contributed by atoms with Crippen LogP contribution in [0, 0.1) is 0 Å². The van der Waals surface area contributed by atoms with Gasteiger partial charge in [0.1, 0.15) is 11.3 Å². The number of pyridine rings is 1. The fourth-order valence-electron chi connectivity index (χ4n) is 2.73. The number of fused-ring (bicyclic) bond motifs is 1. The number of hydrogen-bond acceptors (Lipinski definition) is 4. The average molecular weight is 308 g/mol. The standard InChI is InChI=1S/C16H21N3O.ClH/c1-2-20-15-6-5-14(13-4-3-9-18-16(13)15)19-12-7-10-17-11-8-12;/h3-6,9,12,17,19H,2,7-8,10-11H2,1H3;1H. The van der Waals surface area contributed by atoms with Crippen molar-refractivity contribution in [1.29, 1.82) is 0 Å². The van der Waals surface area contributed by atoms with Crippen LogP contribution in [-0.4, -0.2) is 30.7 Å². The number of rotatable bonds is 4. The minimum absolute atomic E-state index is 0. The van der Waals surface area contributed by atoms with Gasteiger partial charge in [-0.1, -0.05) is 0 Å². The quantitative estimate of drug-likeness (QED) is 0.910. The van der Waals surface area contributed by atoms with Crippen LogP contribution in [0.5, 0.6) is 5.75 Å². The molecule has 114 valence electrons. The zero-order chi connectivity index (χ0) is 13.8. The molecule has 0 atom stereocenters. The van der Waals surface area contributed by atoms with E-state index >= 15 is 0 Å². The van der Waals surface area contributed by atoms with Crippen molar-refractivity contribution in [2.45, 2.75) is 25.8 Å². The molecule has 2 heterocycles. The molecule has 0 saturated carbocycles. The molecular weight excluding hydrogens is 286 g/mol. The van der Waals surface area contributed by atoms with Crippen LogP contribution in [0.1, 0.15) is 19.8 Å². The molecule has 0 aliphatic carbocycles. The Balaban J connectivity index is 0.00000161. The molecule has 2 aromatic rings. The van der Waals surface area contributed by atoms with Gasteiger partial charge < -0.3 is 15.4 Å². The topological polar surface area (TPSA) is 46.2 Å². The van der Waals surface area contributed by atoms with E-state index in [9.17, 15) is 0 Å². The van der Waals surface area contributed by atoms with Gasteiger partial charge in [-0.2, -0.15) is 0 Å². The summed E-state index contributed by atoms with van der Waals surface area (Å²) in [5.41, 5.74) is 2.09. The average Bonchev–Trinajstić information content (AvgIpc) is 2.51. The van der Waals surface area contributed by atoms with Crippen LogP contribution in [0.4, 0.5) is 5.69 Å². The molecule has 1 fully saturated rings. The predicted octanol–water partition coefficient (Wildman–Crippen LogP) is 3.22. The molecule has 4 nitrogen and oxygen atoms in total. The first-order valence-corrected chi connectivity index (χ1v) is 7.36. The highest BCUT2D eigenvalue weighted by Crippen LogP contribution is 2.30. The Hall–Kier alpha value is -1.52. The van der Waals surface area contributed by atoms with E-state index in [0.717, 1.165) is 48.3 Å². The summed E-state index contributed by atoms with van der Waals surface area (Å²) >= 11 is 0. The van der Waals surface area contributed by atoms with Crippen molar-refractivity contribution in [3.63, 3.8) is 0 Å². The summed E-state index contributed by atoms with van der Waals surface area (Å²) in [6, 6.07) is 8.75. The van der Waals surface area contributed by atoms with Crippen LogP contribution in [0.3, 0.4) is 0 Å². The predicted molar refractivity (Wildman–Crippen MR) is 89.7 cm³/mol. The molecule has 1 saturated heterocycles. The van der Waals surface area contributed by atoms with Gasteiger partial charge in [0.2, 0.25) is 0 Å². The third-order valence-corrected chi connectivity index (χ3v) is 3.73. The summed E-state index contributed by atoms with van der Waals surface area (Å²) in [5.74, 6) is 0.860. The summed E-state index contributed by atoms with van der Waals surface area (Å²) in [5, 5.41) is 8.18. The molecule has 0 unspecified atom stereocenters. The first kappa shape index (κ1) is 15.9. The number of hydrogen-bond donors (Lipinski definition) is 2. The SMILES string of the molecule is CCOc1ccc(NC2CCNCC2)c2cccnc12.Cl. The minimum Gasteiger partial charge on any atom is -0.492 e. The number of benzene rings is 1. The minimum atomic E-state index is 0. The lowest BCUT2D eigenvalue weighted by molar-refractivity contribution is 0.343. The molecule has 21 heavy (non-hydrogen) atoms. The lowest BCUT2D eigenvalue weighted by atomic mass is 10.1. The molecule has 0 bridgehead atoms. The highest BCUT2D eigenvalue weighted by atomic mass is 35.5. The largest absolute Gasteiger partial charge is 0.492 e. The number of piperidine rings is 1. The molecule has 2 N–H and O–H groups in total. The fourth-order valence-corrected chi connectivity index (χ4v) is 2.73. The summed E-state index contributed by atoms with van der Waals surface area (Å²) in [6.07, 6.45) is 4.14. The van der Waals surface area contributed by atoms with Crippen molar-refractivity contribution in [3.8, 4) is 5.75 Å². The second-order valence-electron chi connectivity index (χ2n) is 5.11. The first-order chi connectivity index (χ1) is 9.88. The van der Waals surface area contributed by atoms with Gasteiger partial charge >= 0.3 is 0 Å². The van der Waals surface area contributed by atoms with E-state index in [1.54, 1.807) is 0 Å². The normalized spacial score (nSPS) is 15.5. The molecule has 1 aliphatic heterocycles. The zero-order valence-electron chi connectivity index (χ0n) is 12.3. The Labute approximate surface area is 131 Å². The first-order valence-electron chi connectivity index (χ1n) is 7.36. The van der Waals surface area contributed by atoms with E-state index in [2.05, 4.69) is 27.8 Å². The third kappa shape index (κ3) is 3.57. The van der Waals surface area contributed by atoms with Crippen molar-refractivity contribution in [3.05, 3.63) is 30.5 Å². The Bertz CT molecular complexity index is 585. The summed E-state index contributed by atoms with van der Waals surface area (Å²) in [4.78, 5) is 4.48. The number of nitrogens with zero attached hydrogens (tertiary/aromatic N) is 1. The maximum atomic E-state index is 5.66. The second-order valence-corrected chi connectivity index (χ2v) is 5.11. The maximum Gasteiger partial charge on any atom is 0.145 e. The van der Waals surface area contributed by atoms with Gasteiger partial charge in [0.05, 0.1) is 6.61 Å². The van der Waals surface area contributed by atoms with Crippen molar-refractivity contribution in [2.24, 2.45) is 0 Å². The molecule has 5 heteroatoms. The van der Waals surface area contributed by atoms with E-state index in [1.165, 1.54) is 0 Å². The van der Waals surface area contributed by atoms with Crippen LogP contribution >= 0.6 is 12.4 Å². The van der Waals surface area contributed by atoms with Crippen LogP contribution in [-0.2, 0) is 0 Å². The van der Waals surface area contributed by atoms with Gasteiger partial charge in [-0.15, -0.1) is 12.4 Å². The lowest BCUT2D eigenvalue weighted by Gasteiger charge is -2.25. The summed E-state index contributed by atoms with van der Waals surface area (Å²) in [7, 11) is 0. The van der Waals surface area contributed by atoms with Crippen LogP contribution in [0.15, 0.2) is 30.5 Å². The number of nitrogens with one attached hydrogen (secondary N) is 2. The Morgan fingerprint density at radius 2 is 2.10 bits per heavy atom. The number of ether oxygens (including phenoxy) is 1. The summed E-state index contributed by atoms with van der Waals surface area (Å²) < 4.78 is 5.66. The molecule has 3 rings (SSSR count). The van der Waals surface area contributed by atoms with Crippen LogP contribution in [0.2, 0.25) is 0 Å². The molecule has 0 amide bonds. The van der Waals surface area contributed by atoms with Gasteiger partial charge in [-0.3, -0.25) is 4.98 Å². The van der Waals surface area contributed by atoms with Gasteiger partial charge in [0, 0.05) is 23.3 Å². The van der Waals surface area contributed by atoms with Crippen LogP contribution < -0.4 is 15.4 Å². The van der Waals surface area contributed by atoms with Gasteiger partial charge in [0.25, 0.3) is 0 Å². The Morgan fingerprint density at radius 3 is 2.86 bits per heavy atom. The molecule has 1 aliphatic rings. The van der Waals surface area contributed by atoms with E-state index in [4.69, 9.17) is 4.74 Å². The molecule has 0 radical (unpaired) electrons. The highest BCUT2D eigenvalue weighted by molar-refractivity contribution is 5.95. The monoisotopic (exact) mass is 307 g/mol. The Morgan fingerprint density at radius 1 is 1.29 bits per heavy atom. The summed E-state index contributed by atoms with van der Waals surface area (Å²) in [6.45, 7) is 4.83. The molecule has 1 aromatic carbocycles. The van der Waals surface area contributed by atoms with E-state index in [0.29, 0.717) is 12.6 Å². The highest BCUT2D eigenvalue weighted by Gasteiger charge is 2.15. The van der Waals surface area contributed by atoms with Crippen molar-refractivity contribution in [1.82, 2.24) is 10.3 Å². The second kappa shape index (κ2) is 7.48. The number of aromatic nitrogens is 1. The van der Waals surface area contributed by atoms with Gasteiger partial charge in [-0.25, -0.2) is 0 Å². The van der Waals surface area contributed by atoms with Gasteiger partial charge in [-0.05, 0) is 57.1 Å².